The molecule has 0 radical (unpaired) electrons. The second-order valence-corrected chi connectivity index (χ2v) is 5.05. The van der Waals surface area contributed by atoms with Crippen molar-refractivity contribution in [2.45, 2.75) is 32.9 Å². The number of halogens is 2. The summed E-state index contributed by atoms with van der Waals surface area (Å²) in [5.41, 5.74) is 0.853. The topological polar surface area (TPSA) is 40.5 Å². The molecular formula is C13H17Cl2NO2. The summed E-state index contributed by atoms with van der Waals surface area (Å²) in [6, 6.07) is 5.58. The first kappa shape index (κ1) is 15.3. The van der Waals surface area contributed by atoms with E-state index < -0.39 is 5.97 Å². The second kappa shape index (κ2) is 6.98. The van der Waals surface area contributed by atoms with Crippen LogP contribution in [0.5, 0.6) is 0 Å². The number of aliphatic carboxylic acids is 1. The van der Waals surface area contributed by atoms with Gasteiger partial charge < -0.3 is 5.11 Å². The summed E-state index contributed by atoms with van der Waals surface area (Å²) in [7, 11) is 0. The van der Waals surface area contributed by atoms with E-state index in [1.807, 2.05) is 30.9 Å². The summed E-state index contributed by atoms with van der Waals surface area (Å²) in [4.78, 5) is 12.7. The molecular weight excluding hydrogens is 273 g/mol. The van der Waals surface area contributed by atoms with Crippen LogP contribution in [-0.4, -0.2) is 28.6 Å². The first-order chi connectivity index (χ1) is 8.45. The fraction of sp³-hybridized carbons (Fsp3) is 0.462. The van der Waals surface area contributed by atoms with Gasteiger partial charge in [0.1, 0.15) is 0 Å². The smallest absolute Gasteiger partial charge is 0.317 e. The summed E-state index contributed by atoms with van der Waals surface area (Å²) in [5.74, 6) is -0.839. The Labute approximate surface area is 117 Å². The van der Waals surface area contributed by atoms with E-state index in [0.29, 0.717) is 16.6 Å². The summed E-state index contributed by atoms with van der Waals surface area (Å²) in [6.07, 6.45) is 0.880. The zero-order chi connectivity index (χ0) is 13.7. The summed E-state index contributed by atoms with van der Waals surface area (Å²) >= 11 is 12.1. The standard InChI is InChI=1S/C13H17Cl2NO2/c1-3-9(2)16(8-12(17)18)7-10-5-4-6-11(14)13(10)15/h4-6,9H,3,7-8H2,1-2H3,(H,17,18). The van der Waals surface area contributed by atoms with E-state index in [9.17, 15) is 4.79 Å². The molecule has 0 aliphatic carbocycles. The third-order valence-electron chi connectivity index (χ3n) is 2.96. The Bertz CT molecular complexity index is 423. The van der Waals surface area contributed by atoms with Crippen LogP contribution in [0.2, 0.25) is 10.0 Å². The van der Waals surface area contributed by atoms with E-state index >= 15 is 0 Å². The quantitative estimate of drug-likeness (QED) is 0.868. The van der Waals surface area contributed by atoms with Crippen LogP contribution in [0.3, 0.4) is 0 Å². The van der Waals surface area contributed by atoms with Crippen molar-refractivity contribution < 1.29 is 9.90 Å². The first-order valence-electron chi connectivity index (χ1n) is 5.84. The van der Waals surface area contributed by atoms with E-state index in [-0.39, 0.29) is 12.6 Å². The van der Waals surface area contributed by atoms with Crippen molar-refractivity contribution in [3.63, 3.8) is 0 Å². The van der Waals surface area contributed by atoms with Gasteiger partial charge in [0.2, 0.25) is 0 Å². The first-order valence-corrected chi connectivity index (χ1v) is 6.60. The van der Waals surface area contributed by atoms with Gasteiger partial charge in [-0.3, -0.25) is 9.69 Å². The minimum absolute atomic E-state index is 0.00213. The normalized spacial score (nSPS) is 12.7. The summed E-state index contributed by atoms with van der Waals surface area (Å²) < 4.78 is 0. The van der Waals surface area contributed by atoms with E-state index in [1.165, 1.54) is 0 Å². The highest BCUT2D eigenvalue weighted by Crippen LogP contribution is 2.27. The van der Waals surface area contributed by atoms with Gasteiger partial charge in [-0.2, -0.15) is 0 Å². The lowest BCUT2D eigenvalue weighted by atomic mass is 10.1. The molecule has 3 nitrogen and oxygen atoms in total. The van der Waals surface area contributed by atoms with Gasteiger partial charge in [-0.05, 0) is 25.0 Å². The molecule has 1 aromatic rings. The Morgan fingerprint density at radius 2 is 2.11 bits per heavy atom. The number of carbonyl (C=O) groups is 1. The van der Waals surface area contributed by atoms with Gasteiger partial charge in [0.05, 0.1) is 16.6 Å². The van der Waals surface area contributed by atoms with Crippen molar-refractivity contribution in [2.75, 3.05) is 6.54 Å². The third kappa shape index (κ3) is 4.16. The summed E-state index contributed by atoms with van der Waals surface area (Å²) in [5, 5.41) is 9.92. The van der Waals surface area contributed by atoms with E-state index in [1.54, 1.807) is 6.07 Å². The molecule has 0 heterocycles. The molecule has 0 bridgehead atoms. The van der Waals surface area contributed by atoms with Crippen LogP contribution in [0.15, 0.2) is 18.2 Å². The Hall–Kier alpha value is -0.770. The Balaban J connectivity index is 2.88. The van der Waals surface area contributed by atoms with Crippen molar-refractivity contribution in [2.24, 2.45) is 0 Å². The van der Waals surface area contributed by atoms with Crippen LogP contribution < -0.4 is 0 Å². The minimum Gasteiger partial charge on any atom is -0.480 e. The molecule has 18 heavy (non-hydrogen) atoms. The van der Waals surface area contributed by atoms with Gasteiger partial charge in [-0.25, -0.2) is 0 Å². The van der Waals surface area contributed by atoms with Gasteiger partial charge in [-0.15, -0.1) is 0 Å². The van der Waals surface area contributed by atoms with Crippen molar-refractivity contribution in [3.05, 3.63) is 33.8 Å². The van der Waals surface area contributed by atoms with Crippen molar-refractivity contribution in [3.8, 4) is 0 Å². The second-order valence-electron chi connectivity index (χ2n) is 4.27. The number of carboxylic acids is 1. The number of carboxylic acid groups (broad SMARTS) is 1. The van der Waals surface area contributed by atoms with Gasteiger partial charge in [0.25, 0.3) is 0 Å². The molecule has 1 N–H and O–H groups in total. The Kier molecular flexibility index (Phi) is 5.93. The van der Waals surface area contributed by atoms with Crippen molar-refractivity contribution in [1.82, 2.24) is 4.90 Å². The number of rotatable bonds is 6. The third-order valence-corrected chi connectivity index (χ3v) is 3.82. The number of hydrogen-bond donors (Lipinski definition) is 1. The molecule has 1 aromatic carbocycles. The lowest BCUT2D eigenvalue weighted by molar-refractivity contribution is -0.139. The molecule has 0 fully saturated rings. The maximum Gasteiger partial charge on any atom is 0.317 e. The number of nitrogens with zero attached hydrogens (tertiary/aromatic N) is 1. The SMILES string of the molecule is CCC(C)N(CC(=O)O)Cc1cccc(Cl)c1Cl. The Morgan fingerprint density at radius 1 is 1.44 bits per heavy atom. The molecule has 1 rings (SSSR count). The molecule has 0 aliphatic heterocycles. The van der Waals surface area contributed by atoms with Crippen LogP contribution >= 0.6 is 23.2 Å². The zero-order valence-corrected chi connectivity index (χ0v) is 12.0. The monoisotopic (exact) mass is 289 g/mol. The lowest BCUT2D eigenvalue weighted by Crippen LogP contribution is -2.36. The van der Waals surface area contributed by atoms with E-state index in [4.69, 9.17) is 28.3 Å². The molecule has 0 saturated carbocycles. The average molecular weight is 290 g/mol. The summed E-state index contributed by atoms with van der Waals surface area (Å²) in [6.45, 7) is 4.51. The van der Waals surface area contributed by atoms with Gasteiger partial charge >= 0.3 is 5.97 Å². The molecule has 0 spiro atoms. The molecule has 1 atom stereocenters. The predicted octanol–water partition coefficient (Wildman–Crippen LogP) is 3.68. The van der Waals surface area contributed by atoms with E-state index in [0.717, 1.165) is 12.0 Å². The lowest BCUT2D eigenvalue weighted by Gasteiger charge is -2.27. The van der Waals surface area contributed by atoms with E-state index in [2.05, 4.69) is 0 Å². The molecule has 0 aliphatic rings. The largest absolute Gasteiger partial charge is 0.480 e. The molecule has 1 unspecified atom stereocenters. The highest BCUT2D eigenvalue weighted by molar-refractivity contribution is 6.42. The average Bonchev–Trinajstić information content (AvgIpc) is 2.32. The van der Waals surface area contributed by atoms with Crippen molar-refractivity contribution in [1.29, 1.82) is 0 Å². The fourth-order valence-corrected chi connectivity index (χ4v) is 2.07. The molecule has 0 saturated heterocycles. The van der Waals surface area contributed by atoms with Crippen LogP contribution in [0, 0.1) is 0 Å². The molecule has 0 amide bonds. The van der Waals surface area contributed by atoms with Crippen LogP contribution in [0.25, 0.3) is 0 Å². The van der Waals surface area contributed by atoms with Crippen molar-refractivity contribution >= 4 is 29.2 Å². The molecule has 0 aromatic heterocycles. The Morgan fingerprint density at radius 3 is 2.67 bits per heavy atom. The maximum absolute atomic E-state index is 10.9. The predicted molar refractivity (Wildman–Crippen MR) is 74.3 cm³/mol. The number of hydrogen-bond acceptors (Lipinski definition) is 2. The highest BCUT2D eigenvalue weighted by Gasteiger charge is 2.17. The molecule has 100 valence electrons. The van der Waals surface area contributed by atoms with Gasteiger partial charge in [0, 0.05) is 12.6 Å². The fourth-order valence-electron chi connectivity index (χ4n) is 1.69. The van der Waals surface area contributed by atoms with Gasteiger partial charge in [0.15, 0.2) is 0 Å². The molecule has 5 heteroatoms. The zero-order valence-electron chi connectivity index (χ0n) is 10.5. The van der Waals surface area contributed by atoms with Gasteiger partial charge in [-0.1, -0.05) is 42.3 Å². The van der Waals surface area contributed by atoms with Crippen LogP contribution in [0.1, 0.15) is 25.8 Å². The van der Waals surface area contributed by atoms with Crippen LogP contribution in [-0.2, 0) is 11.3 Å². The minimum atomic E-state index is -0.839. The maximum atomic E-state index is 10.9. The van der Waals surface area contributed by atoms with Crippen LogP contribution in [0.4, 0.5) is 0 Å². The number of benzene rings is 1. The highest BCUT2D eigenvalue weighted by atomic mass is 35.5.